The van der Waals surface area contributed by atoms with E-state index >= 15 is 0 Å². The van der Waals surface area contributed by atoms with Crippen molar-refractivity contribution in [1.82, 2.24) is 9.88 Å². The molecule has 110 valence electrons. The van der Waals surface area contributed by atoms with E-state index in [0.717, 1.165) is 18.2 Å². The quantitative estimate of drug-likeness (QED) is 0.946. The molecule has 1 heterocycles. The van der Waals surface area contributed by atoms with E-state index in [1.165, 1.54) is 18.1 Å². The SMILES string of the molecule is CC(c1cc(F)ccc1F)N(C)C(=O)c1ncccc1N. The molecule has 2 N–H and O–H groups in total. The van der Waals surface area contributed by atoms with E-state index in [1.54, 1.807) is 19.1 Å². The van der Waals surface area contributed by atoms with Gasteiger partial charge in [-0.2, -0.15) is 0 Å². The molecule has 0 saturated heterocycles. The third-order valence-electron chi connectivity index (χ3n) is 3.35. The summed E-state index contributed by atoms with van der Waals surface area (Å²) in [6.45, 7) is 1.61. The molecule has 0 aliphatic carbocycles. The van der Waals surface area contributed by atoms with Crippen LogP contribution in [0.25, 0.3) is 0 Å². The molecule has 0 fully saturated rings. The van der Waals surface area contributed by atoms with Gasteiger partial charge in [-0.1, -0.05) is 0 Å². The smallest absolute Gasteiger partial charge is 0.274 e. The Kier molecular flexibility index (Phi) is 4.16. The lowest BCUT2D eigenvalue weighted by Crippen LogP contribution is -2.31. The van der Waals surface area contributed by atoms with Crippen LogP contribution >= 0.6 is 0 Å². The van der Waals surface area contributed by atoms with E-state index in [2.05, 4.69) is 4.98 Å². The summed E-state index contributed by atoms with van der Waals surface area (Å²) in [5, 5.41) is 0. The number of nitrogens with zero attached hydrogens (tertiary/aromatic N) is 2. The summed E-state index contributed by atoms with van der Waals surface area (Å²) in [6.07, 6.45) is 1.45. The summed E-state index contributed by atoms with van der Waals surface area (Å²) < 4.78 is 27.0. The molecule has 1 amide bonds. The molecule has 6 heteroatoms. The van der Waals surface area contributed by atoms with Gasteiger partial charge in [-0.25, -0.2) is 13.8 Å². The first-order valence-electron chi connectivity index (χ1n) is 6.34. The van der Waals surface area contributed by atoms with E-state index in [1.807, 2.05) is 0 Å². The third kappa shape index (κ3) is 2.99. The van der Waals surface area contributed by atoms with Gasteiger partial charge in [0.1, 0.15) is 11.6 Å². The van der Waals surface area contributed by atoms with Gasteiger partial charge in [-0.05, 0) is 37.3 Å². The summed E-state index contributed by atoms with van der Waals surface area (Å²) >= 11 is 0. The van der Waals surface area contributed by atoms with Crippen LogP contribution in [-0.4, -0.2) is 22.8 Å². The van der Waals surface area contributed by atoms with Gasteiger partial charge in [0.2, 0.25) is 0 Å². The Bertz CT molecular complexity index is 676. The maximum atomic E-state index is 13.8. The maximum Gasteiger partial charge on any atom is 0.274 e. The molecular weight excluding hydrogens is 276 g/mol. The number of pyridine rings is 1. The average Bonchev–Trinajstić information content (AvgIpc) is 2.48. The molecule has 1 aromatic heterocycles. The Morgan fingerprint density at radius 3 is 2.71 bits per heavy atom. The molecule has 1 unspecified atom stereocenters. The lowest BCUT2D eigenvalue weighted by atomic mass is 10.1. The van der Waals surface area contributed by atoms with Crippen LogP contribution in [0.2, 0.25) is 0 Å². The molecule has 0 bridgehead atoms. The zero-order valence-corrected chi connectivity index (χ0v) is 11.7. The molecule has 1 aromatic carbocycles. The maximum absolute atomic E-state index is 13.8. The van der Waals surface area contributed by atoms with Crippen molar-refractivity contribution in [3.8, 4) is 0 Å². The molecule has 4 nitrogen and oxygen atoms in total. The average molecular weight is 291 g/mol. The Labute approximate surface area is 121 Å². The van der Waals surface area contributed by atoms with Gasteiger partial charge in [-0.3, -0.25) is 4.79 Å². The fraction of sp³-hybridized carbons (Fsp3) is 0.200. The predicted molar refractivity (Wildman–Crippen MR) is 75.5 cm³/mol. The molecule has 0 saturated carbocycles. The van der Waals surface area contributed by atoms with Gasteiger partial charge in [0, 0.05) is 18.8 Å². The number of nitrogen functional groups attached to an aromatic ring is 1. The van der Waals surface area contributed by atoms with E-state index in [9.17, 15) is 13.6 Å². The van der Waals surface area contributed by atoms with Gasteiger partial charge in [0.15, 0.2) is 5.69 Å². The number of hydrogen-bond donors (Lipinski definition) is 1. The Hall–Kier alpha value is -2.50. The molecule has 2 rings (SSSR count). The number of amides is 1. The Morgan fingerprint density at radius 2 is 2.05 bits per heavy atom. The van der Waals surface area contributed by atoms with Crippen LogP contribution in [0.4, 0.5) is 14.5 Å². The van der Waals surface area contributed by atoms with Crippen LogP contribution in [0.5, 0.6) is 0 Å². The first-order valence-corrected chi connectivity index (χ1v) is 6.34. The summed E-state index contributed by atoms with van der Waals surface area (Å²) in [7, 11) is 1.49. The molecule has 21 heavy (non-hydrogen) atoms. The second-order valence-electron chi connectivity index (χ2n) is 4.70. The standard InChI is InChI=1S/C15H15F2N3O/c1-9(11-8-10(16)5-6-12(11)17)20(2)15(21)14-13(18)4-3-7-19-14/h3-9H,18H2,1-2H3. The highest BCUT2D eigenvalue weighted by molar-refractivity contribution is 5.97. The number of hydrogen-bond acceptors (Lipinski definition) is 3. The highest BCUT2D eigenvalue weighted by atomic mass is 19.1. The Balaban J connectivity index is 2.31. The largest absolute Gasteiger partial charge is 0.397 e. The number of carbonyl (C=O) groups excluding carboxylic acids is 1. The van der Waals surface area contributed by atoms with Crippen molar-refractivity contribution in [3.63, 3.8) is 0 Å². The highest BCUT2D eigenvalue weighted by Crippen LogP contribution is 2.24. The number of rotatable bonds is 3. The number of aromatic nitrogens is 1. The third-order valence-corrected chi connectivity index (χ3v) is 3.35. The lowest BCUT2D eigenvalue weighted by molar-refractivity contribution is 0.0735. The fourth-order valence-corrected chi connectivity index (χ4v) is 1.98. The van der Waals surface area contributed by atoms with Crippen molar-refractivity contribution in [3.05, 3.63) is 59.4 Å². The van der Waals surface area contributed by atoms with Crippen molar-refractivity contribution in [2.45, 2.75) is 13.0 Å². The van der Waals surface area contributed by atoms with Crippen LogP contribution in [0.15, 0.2) is 36.5 Å². The monoisotopic (exact) mass is 291 g/mol. The summed E-state index contributed by atoms with van der Waals surface area (Å²) in [5.41, 5.74) is 6.13. The molecule has 1 atom stereocenters. The second-order valence-corrected chi connectivity index (χ2v) is 4.70. The van der Waals surface area contributed by atoms with Crippen molar-refractivity contribution < 1.29 is 13.6 Å². The van der Waals surface area contributed by atoms with Gasteiger partial charge < -0.3 is 10.6 Å². The number of nitrogens with two attached hydrogens (primary N) is 1. The van der Waals surface area contributed by atoms with E-state index < -0.39 is 23.6 Å². The lowest BCUT2D eigenvalue weighted by Gasteiger charge is -2.25. The number of carbonyl (C=O) groups is 1. The van der Waals surface area contributed by atoms with Gasteiger partial charge in [0.05, 0.1) is 11.7 Å². The minimum Gasteiger partial charge on any atom is -0.397 e. The van der Waals surface area contributed by atoms with Crippen molar-refractivity contribution >= 4 is 11.6 Å². The molecule has 0 radical (unpaired) electrons. The number of halogens is 2. The van der Waals surface area contributed by atoms with E-state index in [-0.39, 0.29) is 16.9 Å². The van der Waals surface area contributed by atoms with Crippen LogP contribution < -0.4 is 5.73 Å². The van der Waals surface area contributed by atoms with Crippen molar-refractivity contribution in [1.29, 1.82) is 0 Å². The summed E-state index contributed by atoms with van der Waals surface area (Å²) in [6, 6.07) is 5.66. The minimum atomic E-state index is -0.658. The van der Waals surface area contributed by atoms with Crippen LogP contribution in [0, 0.1) is 11.6 Å². The second kappa shape index (κ2) is 5.87. The molecular formula is C15H15F2N3O. The summed E-state index contributed by atoms with van der Waals surface area (Å²) in [4.78, 5) is 17.5. The van der Waals surface area contributed by atoms with Crippen LogP contribution in [0.1, 0.15) is 29.0 Å². The van der Waals surface area contributed by atoms with Gasteiger partial charge in [-0.15, -0.1) is 0 Å². The van der Waals surface area contributed by atoms with Crippen LogP contribution in [-0.2, 0) is 0 Å². The zero-order valence-electron chi connectivity index (χ0n) is 11.7. The molecule has 0 aliphatic heterocycles. The first-order chi connectivity index (χ1) is 9.91. The zero-order chi connectivity index (χ0) is 15.6. The Morgan fingerprint density at radius 1 is 1.33 bits per heavy atom. The number of benzene rings is 1. The number of anilines is 1. The van der Waals surface area contributed by atoms with E-state index in [0.29, 0.717) is 0 Å². The van der Waals surface area contributed by atoms with E-state index in [4.69, 9.17) is 5.73 Å². The highest BCUT2D eigenvalue weighted by Gasteiger charge is 2.23. The van der Waals surface area contributed by atoms with Crippen LogP contribution in [0.3, 0.4) is 0 Å². The van der Waals surface area contributed by atoms with Crippen molar-refractivity contribution in [2.75, 3.05) is 12.8 Å². The van der Waals surface area contributed by atoms with Crippen molar-refractivity contribution in [2.24, 2.45) is 0 Å². The molecule has 0 spiro atoms. The molecule has 0 aliphatic rings. The summed E-state index contributed by atoms with van der Waals surface area (Å²) in [5.74, 6) is -1.58. The van der Waals surface area contributed by atoms with Gasteiger partial charge in [0.25, 0.3) is 5.91 Å². The van der Waals surface area contributed by atoms with Gasteiger partial charge >= 0.3 is 0 Å². The normalized spacial score (nSPS) is 12.0. The topological polar surface area (TPSA) is 59.2 Å². The predicted octanol–water partition coefficient (Wildman–Crippen LogP) is 2.78. The molecule has 2 aromatic rings. The minimum absolute atomic E-state index is 0.0867. The first kappa shape index (κ1) is 14.9. The fourth-order valence-electron chi connectivity index (χ4n) is 1.98.